The molecule has 0 radical (unpaired) electrons. The maximum absolute atomic E-state index is 13.2. The number of methoxy groups -OCH3 is 1. The molecule has 0 fully saturated rings. The molecule has 0 amide bonds. The van der Waals surface area contributed by atoms with Crippen molar-refractivity contribution in [3.05, 3.63) is 30.0 Å². The topological polar surface area (TPSA) is 55.0 Å². The summed E-state index contributed by atoms with van der Waals surface area (Å²) in [5.74, 6) is -1.26. The predicted octanol–water partition coefficient (Wildman–Crippen LogP) is 1.49. The maximum Gasteiger partial charge on any atom is 0.340 e. The van der Waals surface area contributed by atoms with Crippen molar-refractivity contribution in [1.29, 1.82) is 0 Å². The quantitative estimate of drug-likeness (QED) is 0.552. The molecule has 0 aromatic carbocycles. The molecule has 0 atom stereocenters. The van der Waals surface area contributed by atoms with Gasteiger partial charge in [0.05, 0.1) is 23.6 Å². The van der Waals surface area contributed by atoms with Crippen LogP contribution < -0.4 is 0 Å². The number of carbonyl (C=O) groups is 1. The van der Waals surface area contributed by atoms with Gasteiger partial charge < -0.3 is 9.72 Å². The first-order chi connectivity index (χ1) is 6.74. The van der Waals surface area contributed by atoms with Gasteiger partial charge in [0.15, 0.2) is 0 Å². The molecule has 0 saturated carbocycles. The third kappa shape index (κ3) is 1.14. The molecule has 4 nitrogen and oxygen atoms in total. The van der Waals surface area contributed by atoms with E-state index < -0.39 is 11.9 Å². The molecule has 0 aliphatic rings. The molecule has 0 saturated heterocycles. The maximum atomic E-state index is 13.2. The molecule has 0 aliphatic heterocycles. The Morgan fingerprint density at radius 3 is 3.14 bits per heavy atom. The van der Waals surface area contributed by atoms with Crippen LogP contribution in [0.2, 0.25) is 0 Å². The number of carbonyl (C=O) groups excluding carboxylic acids is 1. The van der Waals surface area contributed by atoms with Crippen LogP contribution in [0.5, 0.6) is 0 Å². The predicted molar refractivity (Wildman–Crippen MR) is 47.4 cm³/mol. The average molecular weight is 194 g/mol. The number of H-pyrrole nitrogens is 1. The lowest BCUT2D eigenvalue weighted by molar-refractivity contribution is 0.0602. The van der Waals surface area contributed by atoms with Crippen molar-refractivity contribution in [3.8, 4) is 0 Å². The molecule has 0 unspecified atom stereocenters. The minimum atomic E-state index is -0.677. The Hall–Kier alpha value is -1.91. The smallest absolute Gasteiger partial charge is 0.340 e. The van der Waals surface area contributed by atoms with E-state index in [1.54, 1.807) is 6.07 Å². The lowest BCUT2D eigenvalue weighted by Gasteiger charge is -1.96. The SMILES string of the molecule is COC(=O)c1c[nH]c2ccnc(F)c12. The standard InChI is InChI=1S/C9H7FN2O2/c1-14-9(13)5-4-12-6-2-3-11-8(10)7(5)6/h2-4,12H,1H3. The fraction of sp³-hybridized carbons (Fsp3) is 0.111. The summed E-state index contributed by atoms with van der Waals surface area (Å²) in [4.78, 5) is 17.4. The first-order valence-corrected chi connectivity index (χ1v) is 3.94. The van der Waals surface area contributed by atoms with Crippen molar-refractivity contribution in [1.82, 2.24) is 9.97 Å². The number of hydrogen-bond acceptors (Lipinski definition) is 3. The molecule has 5 heteroatoms. The summed E-state index contributed by atoms with van der Waals surface area (Å²) in [6, 6.07) is 1.59. The number of nitrogens with one attached hydrogen (secondary N) is 1. The Balaban J connectivity index is 2.73. The minimum Gasteiger partial charge on any atom is -0.465 e. The van der Waals surface area contributed by atoms with Gasteiger partial charge in [0.2, 0.25) is 5.95 Å². The monoisotopic (exact) mass is 194 g/mol. The lowest BCUT2D eigenvalue weighted by Crippen LogP contribution is -2.00. The van der Waals surface area contributed by atoms with Gasteiger partial charge in [0.1, 0.15) is 0 Å². The van der Waals surface area contributed by atoms with Crippen molar-refractivity contribution < 1.29 is 13.9 Å². The number of nitrogens with zero attached hydrogens (tertiary/aromatic N) is 1. The molecule has 2 rings (SSSR count). The summed E-state index contributed by atoms with van der Waals surface area (Å²) in [5.41, 5.74) is 0.686. The van der Waals surface area contributed by atoms with E-state index in [4.69, 9.17) is 0 Å². The van der Waals surface area contributed by atoms with Crippen LogP contribution >= 0.6 is 0 Å². The van der Waals surface area contributed by atoms with Gasteiger partial charge in [-0.2, -0.15) is 4.39 Å². The summed E-state index contributed by atoms with van der Waals surface area (Å²) >= 11 is 0. The fourth-order valence-corrected chi connectivity index (χ4v) is 1.31. The second kappa shape index (κ2) is 3.10. The van der Waals surface area contributed by atoms with Crippen LogP contribution in [0.15, 0.2) is 18.5 Å². The summed E-state index contributed by atoms with van der Waals surface area (Å²) in [6.07, 6.45) is 2.73. The zero-order chi connectivity index (χ0) is 10.1. The number of halogens is 1. The molecule has 2 aromatic heterocycles. The van der Waals surface area contributed by atoms with Crippen molar-refractivity contribution in [2.75, 3.05) is 7.11 Å². The Labute approximate surface area is 78.7 Å². The molecular formula is C9H7FN2O2. The summed E-state index contributed by atoms with van der Waals surface area (Å²) in [5, 5.41) is 0.166. The van der Waals surface area contributed by atoms with Gasteiger partial charge in [-0.1, -0.05) is 0 Å². The number of esters is 1. The van der Waals surface area contributed by atoms with Crippen molar-refractivity contribution in [3.63, 3.8) is 0 Å². The Morgan fingerprint density at radius 1 is 1.64 bits per heavy atom. The molecule has 1 N–H and O–H groups in total. The Bertz CT molecular complexity index is 493. The minimum absolute atomic E-state index is 0.160. The van der Waals surface area contributed by atoms with Gasteiger partial charge in [0.25, 0.3) is 0 Å². The van der Waals surface area contributed by atoms with Crippen LogP contribution in [0.25, 0.3) is 10.9 Å². The number of fused-ring (bicyclic) bond motifs is 1. The van der Waals surface area contributed by atoms with Crippen LogP contribution in [0.4, 0.5) is 4.39 Å². The molecular weight excluding hydrogens is 187 g/mol. The van der Waals surface area contributed by atoms with Crippen LogP contribution in [-0.4, -0.2) is 23.0 Å². The highest BCUT2D eigenvalue weighted by atomic mass is 19.1. The van der Waals surface area contributed by atoms with Gasteiger partial charge in [-0.05, 0) is 6.07 Å². The third-order valence-electron chi connectivity index (χ3n) is 1.95. The van der Waals surface area contributed by atoms with Crippen molar-refractivity contribution in [2.45, 2.75) is 0 Å². The third-order valence-corrected chi connectivity index (χ3v) is 1.95. The average Bonchev–Trinajstić information content (AvgIpc) is 2.62. The second-order valence-electron chi connectivity index (χ2n) is 2.72. The highest BCUT2D eigenvalue weighted by molar-refractivity contribution is 6.03. The van der Waals surface area contributed by atoms with Crippen molar-refractivity contribution >= 4 is 16.9 Å². The lowest BCUT2D eigenvalue weighted by atomic mass is 10.2. The first kappa shape index (κ1) is 8.68. The summed E-state index contributed by atoms with van der Waals surface area (Å²) in [7, 11) is 1.25. The van der Waals surface area contributed by atoms with E-state index in [-0.39, 0.29) is 10.9 Å². The number of aromatic amines is 1. The number of ether oxygens (including phenoxy) is 1. The van der Waals surface area contributed by atoms with E-state index in [9.17, 15) is 9.18 Å². The van der Waals surface area contributed by atoms with E-state index >= 15 is 0 Å². The normalized spacial score (nSPS) is 10.4. The summed E-state index contributed by atoms with van der Waals surface area (Å²) < 4.78 is 17.7. The van der Waals surface area contributed by atoms with E-state index in [0.29, 0.717) is 5.52 Å². The molecule has 0 bridgehead atoms. The van der Waals surface area contributed by atoms with Crippen LogP contribution in [0.1, 0.15) is 10.4 Å². The molecule has 0 aliphatic carbocycles. The first-order valence-electron chi connectivity index (χ1n) is 3.94. The van der Waals surface area contributed by atoms with Crippen LogP contribution in [-0.2, 0) is 4.74 Å². The fourth-order valence-electron chi connectivity index (χ4n) is 1.31. The molecule has 0 spiro atoms. The zero-order valence-electron chi connectivity index (χ0n) is 7.37. The van der Waals surface area contributed by atoms with Gasteiger partial charge in [0, 0.05) is 12.4 Å². The summed E-state index contributed by atoms with van der Waals surface area (Å²) in [6.45, 7) is 0. The largest absolute Gasteiger partial charge is 0.465 e. The Kier molecular flexibility index (Phi) is 1.92. The van der Waals surface area contributed by atoms with E-state index in [0.717, 1.165) is 0 Å². The molecule has 2 heterocycles. The molecule has 14 heavy (non-hydrogen) atoms. The number of rotatable bonds is 1. The Morgan fingerprint density at radius 2 is 2.43 bits per heavy atom. The van der Waals surface area contributed by atoms with Crippen molar-refractivity contribution in [2.24, 2.45) is 0 Å². The highest BCUT2D eigenvalue weighted by Crippen LogP contribution is 2.20. The second-order valence-corrected chi connectivity index (χ2v) is 2.72. The number of aromatic nitrogens is 2. The highest BCUT2D eigenvalue weighted by Gasteiger charge is 2.15. The van der Waals surface area contributed by atoms with Crippen LogP contribution in [0.3, 0.4) is 0 Å². The van der Waals surface area contributed by atoms with Gasteiger partial charge in [-0.3, -0.25) is 0 Å². The number of pyridine rings is 1. The molecule has 72 valence electrons. The van der Waals surface area contributed by atoms with E-state index in [1.165, 1.54) is 19.5 Å². The van der Waals surface area contributed by atoms with E-state index in [1.807, 2.05) is 0 Å². The number of hydrogen-bond donors (Lipinski definition) is 1. The zero-order valence-corrected chi connectivity index (χ0v) is 7.37. The van der Waals surface area contributed by atoms with Crippen LogP contribution in [0, 0.1) is 5.95 Å². The van der Waals surface area contributed by atoms with Gasteiger partial charge >= 0.3 is 5.97 Å². The molecule has 2 aromatic rings. The van der Waals surface area contributed by atoms with Gasteiger partial charge in [-0.15, -0.1) is 0 Å². The van der Waals surface area contributed by atoms with Gasteiger partial charge in [-0.25, -0.2) is 9.78 Å². The van der Waals surface area contributed by atoms with E-state index in [2.05, 4.69) is 14.7 Å².